The van der Waals surface area contributed by atoms with Crippen molar-refractivity contribution in [2.24, 2.45) is 10.8 Å². The number of halogens is 1. The zero-order chi connectivity index (χ0) is 13.7. The van der Waals surface area contributed by atoms with Crippen LogP contribution >= 0.6 is 10.7 Å². The third-order valence-electron chi connectivity index (χ3n) is 2.17. The van der Waals surface area contributed by atoms with Gasteiger partial charge in [0.25, 0.3) is 10.3 Å². The molecule has 4 nitrogen and oxygen atoms in total. The molecule has 6 heteroatoms. The van der Waals surface area contributed by atoms with Gasteiger partial charge in [0.05, 0.1) is 18.6 Å². The summed E-state index contributed by atoms with van der Waals surface area (Å²) >= 11 is 0. The van der Waals surface area contributed by atoms with Gasteiger partial charge in [-0.3, -0.25) is 8.98 Å². The van der Waals surface area contributed by atoms with Crippen molar-refractivity contribution in [3.05, 3.63) is 0 Å². The summed E-state index contributed by atoms with van der Waals surface area (Å²) < 4.78 is 20.5. The fourth-order valence-electron chi connectivity index (χ4n) is 0.915. The van der Waals surface area contributed by atoms with Crippen molar-refractivity contribution >= 4 is 26.9 Å². The Kier molecular flexibility index (Phi) is 6.66. The number of hydrogen-bond acceptors (Lipinski definition) is 4. The number of ether oxygens (including phenoxy) is 1. The van der Waals surface area contributed by atoms with E-state index in [9.17, 15) is 9.00 Å². The van der Waals surface area contributed by atoms with Gasteiger partial charge in [-0.15, -0.1) is 0 Å². The van der Waals surface area contributed by atoms with Gasteiger partial charge in [0.15, 0.2) is 0 Å². The smallest absolute Gasteiger partial charge is 0.311 e. The molecule has 0 aromatic carbocycles. The summed E-state index contributed by atoms with van der Waals surface area (Å²) in [5.74, 6) is -0.227. The zero-order valence-electron chi connectivity index (χ0n) is 11.0. The van der Waals surface area contributed by atoms with E-state index in [4.69, 9.17) is 19.6 Å². The quantitative estimate of drug-likeness (QED) is 0.556. The molecule has 17 heavy (non-hydrogen) atoms. The van der Waals surface area contributed by atoms with Crippen molar-refractivity contribution in [2.75, 3.05) is 13.2 Å². The Morgan fingerprint density at radius 2 is 1.76 bits per heavy atom. The summed E-state index contributed by atoms with van der Waals surface area (Å²) in [6, 6.07) is 0. The summed E-state index contributed by atoms with van der Waals surface area (Å²) in [7, 11) is 3.42. The Labute approximate surface area is 110 Å². The minimum absolute atomic E-state index is 0.227. The molecule has 0 aliphatic rings. The molecule has 0 aliphatic carbocycles. The first-order valence-electron chi connectivity index (χ1n) is 5.43. The molecule has 1 atom stereocenters. The predicted molar refractivity (Wildman–Crippen MR) is 68.8 cm³/mol. The first kappa shape index (κ1) is 16.9. The number of esters is 1. The Morgan fingerprint density at radius 1 is 1.24 bits per heavy atom. The van der Waals surface area contributed by atoms with Gasteiger partial charge in [0.2, 0.25) is 0 Å². The molecule has 0 aromatic heterocycles. The predicted octanol–water partition coefficient (Wildman–Crippen LogP) is 2.83. The number of rotatable bonds is 6. The Balaban J connectivity index is 3.95. The minimum atomic E-state index is -1.78. The molecule has 0 N–H and O–H groups in total. The highest BCUT2D eigenvalue weighted by molar-refractivity contribution is 8.04. The van der Waals surface area contributed by atoms with Crippen molar-refractivity contribution in [2.45, 2.75) is 41.0 Å². The molecule has 0 aromatic rings. The molecule has 0 saturated heterocycles. The molecular formula is C11H21ClO4S. The fourth-order valence-corrected chi connectivity index (χ4v) is 1.46. The zero-order valence-corrected chi connectivity index (χ0v) is 12.6. The first-order valence-corrected chi connectivity index (χ1v) is 7.33. The lowest BCUT2D eigenvalue weighted by atomic mass is 9.91. The van der Waals surface area contributed by atoms with Gasteiger partial charge in [0, 0.05) is 10.7 Å². The molecule has 0 saturated carbocycles. The van der Waals surface area contributed by atoms with Crippen LogP contribution in [0.3, 0.4) is 0 Å². The number of carbonyl (C=O) groups excluding carboxylic acids is 1. The van der Waals surface area contributed by atoms with E-state index in [0.29, 0.717) is 13.0 Å². The van der Waals surface area contributed by atoms with Crippen molar-refractivity contribution in [3.63, 3.8) is 0 Å². The summed E-state index contributed by atoms with van der Waals surface area (Å²) in [6.45, 7) is 9.86. The van der Waals surface area contributed by atoms with Crippen LogP contribution in [0.2, 0.25) is 0 Å². The molecule has 0 bridgehead atoms. The van der Waals surface area contributed by atoms with E-state index in [2.05, 4.69) is 0 Å². The monoisotopic (exact) mass is 284 g/mol. The maximum Gasteiger partial charge on any atom is 0.311 e. The lowest BCUT2D eigenvalue weighted by Gasteiger charge is -2.24. The van der Waals surface area contributed by atoms with E-state index in [1.165, 1.54) is 0 Å². The van der Waals surface area contributed by atoms with Gasteiger partial charge in [-0.1, -0.05) is 13.8 Å². The second kappa shape index (κ2) is 6.71. The van der Waals surface area contributed by atoms with Gasteiger partial charge in [-0.05, 0) is 32.6 Å². The molecule has 0 fully saturated rings. The number of hydrogen-bond donors (Lipinski definition) is 0. The van der Waals surface area contributed by atoms with Gasteiger partial charge in [-0.2, -0.15) is 0 Å². The molecule has 1 unspecified atom stereocenters. The highest BCUT2D eigenvalue weighted by Crippen LogP contribution is 2.22. The average molecular weight is 285 g/mol. The second-order valence-corrected chi connectivity index (χ2v) is 7.14. The van der Waals surface area contributed by atoms with E-state index < -0.39 is 15.7 Å². The largest absolute Gasteiger partial charge is 0.465 e. The van der Waals surface area contributed by atoms with Crippen molar-refractivity contribution in [1.29, 1.82) is 0 Å². The molecule has 102 valence electrons. The van der Waals surface area contributed by atoms with Crippen LogP contribution in [-0.4, -0.2) is 23.4 Å². The van der Waals surface area contributed by atoms with Gasteiger partial charge >= 0.3 is 5.97 Å². The van der Waals surface area contributed by atoms with Crippen LogP contribution in [0.15, 0.2) is 0 Å². The standard InChI is InChI=1S/C11H21ClO4S/c1-10(2,3)9(13)15-7-6-11(4,5)8-16-17(12)14/h6-8H2,1-5H3. The fraction of sp³-hybridized carbons (Fsp3) is 0.909. The number of carbonyl (C=O) groups is 1. The first-order chi connectivity index (χ1) is 7.54. The van der Waals surface area contributed by atoms with Gasteiger partial charge in [-0.25, -0.2) is 4.21 Å². The van der Waals surface area contributed by atoms with Crippen LogP contribution in [-0.2, 0) is 24.0 Å². The van der Waals surface area contributed by atoms with Crippen LogP contribution in [0.1, 0.15) is 41.0 Å². The minimum Gasteiger partial charge on any atom is -0.465 e. The van der Waals surface area contributed by atoms with E-state index in [0.717, 1.165) is 0 Å². The summed E-state index contributed by atoms with van der Waals surface area (Å²) in [5, 5.41) is 0. The maximum atomic E-state index is 11.5. The van der Waals surface area contributed by atoms with Crippen molar-refractivity contribution in [3.8, 4) is 0 Å². The van der Waals surface area contributed by atoms with Crippen molar-refractivity contribution < 1.29 is 17.9 Å². The molecule has 0 amide bonds. The average Bonchev–Trinajstić information content (AvgIpc) is 2.13. The summed E-state index contributed by atoms with van der Waals surface area (Å²) in [5.41, 5.74) is -0.721. The molecular weight excluding hydrogens is 264 g/mol. The molecule has 0 radical (unpaired) electrons. The Bertz CT molecular complexity index is 284. The lowest BCUT2D eigenvalue weighted by Crippen LogP contribution is -2.26. The molecule has 0 heterocycles. The maximum absolute atomic E-state index is 11.5. The third kappa shape index (κ3) is 8.57. The van der Waals surface area contributed by atoms with E-state index >= 15 is 0 Å². The van der Waals surface area contributed by atoms with Crippen LogP contribution in [0.4, 0.5) is 0 Å². The highest BCUT2D eigenvalue weighted by atomic mass is 35.7. The highest BCUT2D eigenvalue weighted by Gasteiger charge is 2.25. The molecule has 0 aliphatic heterocycles. The van der Waals surface area contributed by atoms with Crippen molar-refractivity contribution in [1.82, 2.24) is 0 Å². The Hall–Kier alpha value is -0.130. The lowest BCUT2D eigenvalue weighted by molar-refractivity contribution is -0.153. The van der Waals surface area contributed by atoms with E-state index in [1.54, 1.807) is 20.8 Å². The SMILES string of the molecule is CC(C)(CCOC(=O)C(C)(C)C)COS(=O)Cl. The summed E-state index contributed by atoms with van der Waals surface area (Å²) in [4.78, 5) is 11.5. The van der Waals surface area contributed by atoms with Gasteiger partial charge in [0.1, 0.15) is 0 Å². The van der Waals surface area contributed by atoms with Crippen LogP contribution in [0, 0.1) is 10.8 Å². The van der Waals surface area contributed by atoms with Crippen LogP contribution in [0.25, 0.3) is 0 Å². The normalized spacial score (nSPS) is 14.5. The third-order valence-corrected chi connectivity index (χ3v) is 2.74. The van der Waals surface area contributed by atoms with E-state index in [1.807, 2.05) is 13.8 Å². The molecule has 0 rings (SSSR count). The summed E-state index contributed by atoms with van der Waals surface area (Å²) in [6.07, 6.45) is 0.628. The second-order valence-electron chi connectivity index (χ2n) is 5.76. The van der Waals surface area contributed by atoms with Crippen LogP contribution in [0.5, 0.6) is 0 Å². The molecule has 0 spiro atoms. The topological polar surface area (TPSA) is 52.6 Å². The Morgan fingerprint density at radius 3 is 2.18 bits per heavy atom. The van der Waals surface area contributed by atoms with E-state index in [-0.39, 0.29) is 18.0 Å². The van der Waals surface area contributed by atoms with Gasteiger partial charge < -0.3 is 4.74 Å². The van der Waals surface area contributed by atoms with Crippen LogP contribution < -0.4 is 0 Å².